The van der Waals surface area contributed by atoms with Gasteiger partial charge in [-0.15, -0.1) is 0 Å². The van der Waals surface area contributed by atoms with E-state index in [1.165, 1.54) is 167 Å². The molecule has 0 aromatic carbocycles. The molecular weight excluding hydrogens is 580 g/mol. The zero-order valence-electron chi connectivity index (χ0n) is 32.1. The smallest absolute Gasteiger partial charge is 0.306 e. The van der Waals surface area contributed by atoms with Gasteiger partial charge in [-0.25, -0.2) is 0 Å². The van der Waals surface area contributed by atoms with E-state index in [0.29, 0.717) is 6.42 Å². The number of hydrogen-bond acceptors (Lipinski definition) is 3. The molecule has 0 rings (SSSR count). The molecule has 0 radical (unpaired) electrons. The van der Waals surface area contributed by atoms with Gasteiger partial charge in [0.15, 0.2) is 0 Å². The molecule has 1 atom stereocenters. The molecule has 0 aliphatic carbocycles. The Kier molecular flexibility index (Phi) is 38.5. The van der Waals surface area contributed by atoms with Crippen LogP contribution in [0.3, 0.4) is 0 Å². The lowest BCUT2D eigenvalue weighted by molar-refractivity contribution is -0.150. The summed E-state index contributed by atoms with van der Waals surface area (Å²) in [6, 6.07) is 0. The van der Waals surface area contributed by atoms with Gasteiger partial charge in [0.1, 0.15) is 6.10 Å². The highest BCUT2D eigenvalue weighted by atomic mass is 16.5. The maximum Gasteiger partial charge on any atom is 0.306 e. The number of carbonyl (C=O) groups is 2. The third-order valence-corrected chi connectivity index (χ3v) is 10.1. The van der Waals surface area contributed by atoms with Gasteiger partial charge < -0.3 is 9.84 Å². The molecule has 0 spiro atoms. The third-order valence-electron chi connectivity index (χ3n) is 10.1. The van der Waals surface area contributed by atoms with Crippen LogP contribution in [0.4, 0.5) is 0 Å². The fourth-order valence-electron chi connectivity index (χ4n) is 6.89. The van der Waals surface area contributed by atoms with Crippen LogP contribution < -0.4 is 0 Å². The predicted molar refractivity (Wildman–Crippen MR) is 204 cm³/mol. The van der Waals surface area contributed by atoms with Gasteiger partial charge in [-0.2, -0.15) is 0 Å². The van der Waals surface area contributed by atoms with E-state index in [9.17, 15) is 9.59 Å². The van der Waals surface area contributed by atoms with Crippen molar-refractivity contribution >= 4 is 11.9 Å². The molecule has 0 aliphatic heterocycles. The Hall–Kier alpha value is -1.06. The number of carbonyl (C=O) groups excluding carboxylic acids is 1. The molecule has 1 unspecified atom stereocenters. The Labute approximate surface area is 294 Å². The quantitative estimate of drug-likeness (QED) is 0.0523. The van der Waals surface area contributed by atoms with Crippen LogP contribution in [0.15, 0.2) is 0 Å². The summed E-state index contributed by atoms with van der Waals surface area (Å²) in [4.78, 5) is 23.4. The van der Waals surface area contributed by atoms with Crippen LogP contribution in [0, 0.1) is 0 Å². The van der Waals surface area contributed by atoms with E-state index >= 15 is 0 Å². The molecule has 0 aliphatic rings. The summed E-state index contributed by atoms with van der Waals surface area (Å²) in [7, 11) is 0. The number of carboxylic acids is 1. The summed E-state index contributed by atoms with van der Waals surface area (Å²) in [6.45, 7) is 4.57. The van der Waals surface area contributed by atoms with Gasteiger partial charge >= 0.3 is 11.9 Å². The molecule has 4 heteroatoms. The first-order valence-electron chi connectivity index (χ1n) is 21.5. The van der Waals surface area contributed by atoms with Gasteiger partial charge in [-0.1, -0.05) is 206 Å². The van der Waals surface area contributed by atoms with Gasteiger partial charge in [0, 0.05) is 12.8 Å². The van der Waals surface area contributed by atoms with Crippen molar-refractivity contribution in [1.29, 1.82) is 0 Å². The van der Waals surface area contributed by atoms with Crippen molar-refractivity contribution in [3.63, 3.8) is 0 Å². The van der Waals surface area contributed by atoms with Gasteiger partial charge in [-0.05, 0) is 38.5 Å². The first kappa shape index (κ1) is 45.9. The lowest BCUT2D eigenvalue weighted by atomic mass is 10.0. The topological polar surface area (TPSA) is 63.6 Å². The molecule has 0 bridgehead atoms. The van der Waals surface area contributed by atoms with Crippen molar-refractivity contribution in [3.05, 3.63) is 0 Å². The average Bonchev–Trinajstić information content (AvgIpc) is 3.05. The first-order chi connectivity index (χ1) is 23.1. The number of ether oxygens (including phenoxy) is 1. The van der Waals surface area contributed by atoms with Gasteiger partial charge in [0.25, 0.3) is 0 Å². The lowest BCUT2D eigenvalue weighted by Crippen LogP contribution is -2.18. The summed E-state index contributed by atoms with van der Waals surface area (Å²) in [5.41, 5.74) is 0. The minimum atomic E-state index is -0.696. The Morgan fingerprint density at radius 3 is 0.936 bits per heavy atom. The molecule has 4 nitrogen and oxygen atoms in total. The zero-order valence-corrected chi connectivity index (χ0v) is 32.1. The van der Waals surface area contributed by atoms with Crippen molar-refractivity contribution in [2.45, 2.75) is 264 Å². The minimum absolute atomic E-state index is 0.00973. The van der Waals surface area contributed by atoms with E-state index in [0.717, 1.165) is 64.2 Å². The Morgan fingerprint density at radius 1 is 0.383 bits per heavy atom. The van der Waals surface area contributed by atoms with Crippen LogP contribution in [-0.4, -0.2) is 23.1 Å². The van der Waals surface area contributed by atoms with Gasteiger partial charge in [0.05, 0.1) is 0 Å². The molecular formula is C43H84O4. The highest BCUT2D eigenvalue weighted by Gasteiger charge is 2.14. The zero-order chi connectivity index (χ0) is 34.3. The number of rotatable bonds is 40. The van der Waals surface area contributed by atoms with Crippen LogP contribution in [0.5, 0.6) is 0 Å². The van der Waals surface area contributed by atoms with Crippen molar-refractivity contribution in [3.8, 4) is 0 Å². The molecule has 0 saturated carbocycles. The average molecular weight is 665 g/mol. The maximum atomic E-state index is 12.7. The van der Waals surface area contributed by atoms with Crippen molar-refractivity contribution < 1.29 is 19.4 Å². The van der Waals surface area contributed by atoms with Crippen LogP contribution in [0.25, 0.3) is 0 Å². The molecule has 0 aromatic heterocycles. The van der Waals surface area contributed by atoms with Crippen LogP contribution in [0.2, 0.25) is 0 Å². The van der Waals surface area contributed by atoms with Gasteiger partial charge in [0.2, 0.25) is 0 Å². The SMILES string of the molecule is CCCCCCCCCCCCCCCCCCCCCC(=O)OC(CCCCCCCCCCCC)CCCCCCCC(=O)O. The molecule has 280 valence electrons. The Bertz CT molecular complexity index is 633. The van der Waals surface area contributed by atoms with Gasteiger partial charge in [-0.3, -0.25) is 9.59 Å². The van der Waals surface area contributed by atoms with E-state index in [1.54, 1.807) is 0 Å². The van der Waals surface area contributed by atoms with Crippen molar-refractivity contribution in [1.82, 2.24) is 0 Å². The van der Waals surface area contributed by atoms with Crippen molar-refractivity contribution in [2.75, 3.05) is 0 Å². The molecule has 47 heavy (non-hydrogen) atoms. The second-order valence-corrected chi connectivity index (χ2v) is 14.9. The lowest BCUT2D eigenvalue weighted by Gasteiger charge is -2.18. The normalized spacial score (nSPS) is 12.0. The molecule has 0 fully saturated rings. The Morgan fingerprint density at radius 2 is 0.638 bits per heavy atom. The monoisotopic (exact) mass is 665 g/mol. The summed E-state index contributed by atoms with van der Waals surface area (Å²) in [5, 5.41) is 8.82. The molecule has 0 aromatic rings. The molecule has 0 saturated heterocycles. The van der Waals surface area contributed by atoms with Crippen LogP contribution in [-0.2, 0) is 14.3 Å². The molecule has 1 N–H and O–H groups in total. The van der Waals surface area contributed by atoms with E-state index in [1.807, 2.05) is 0 Å². The fraction of sp³-hybridized carbons (Fsp3) is 0.953. The standard InChI is InChI=1S/C43H84O4/c1-3-5-7-9-11-13-15-16-17-18-19-20-21-22-23-25-27-32-36-40-43(46)47-41(38-34-30-28-31-35-39-42(44)45)37-33-29-26-24-14-12-10-8-6-4-2/h41H,3-40H2,1-2H3,(H,44,45). The summed E-state index contributed by atoms with van der Waals surface area (Å²) >= 11 is 0. The highest BCUT2D eigenvalue weighted by molar-refractivity contribution is 5.69. The fourth-order valence-corrected chi connectivity index (χ4v) is 6.89. The van der Waals surface area contributed by atoms with Crippen LogP contribution in [0.1, 0.15) is 258 Å². The number of unbranched alkanes of at least 4 members (excludes halogenated alkanes) is 31. The van der Waals surface area contributed by atoms with E-state index in [-0.39, 0.29) is 18.5 Å². The summed E-state index contributed by atoms with van der Waals surface area (Å²) in [5.74, 6) is -0.686. The van der Waals surface area contributed by atoms with E-state index in [4.69, 9.17) is 9.84 Å². The minimum Gasteiger partial charge on any atom is -0.481 e. The predicted octanol–water partition coefficient (Wildman–Crippen LogP) is 14.8. The molecule has 0 amide bonds. The number of hydrogen-bond donors (Lipinski definition) is 1. The largest absolute Gasteiger partial charge is 0.481 e. The van der Waals surface area contributed by atoms with Crippen molar-refractivity contribution in [2.24, 2.45) is 0 Å². The highest BCUT2D eigenvalue weighted by Crippen LogP contribution is 2.19. The molecule has 0 heterocycles. The summed E-state index contributed by atoms with van der Waals surface area (Å²) in [6.07, 6.45) is 47.1. The maximum absolute atomic E-state index is 12.7. The summed E-state index contributed by atoms with van der Waals surface area (Å²) < 4.78 is 6.01. The number of aliphatic carboxylic acids is 1. The Balaban J connectivity index is 3.86. The van der Waals surface area contributed by atoms with Crippen LogP contribution >= 0.6 is 0 Å². The third kappa shape index (κ3) is 39.3. The first-order valence-corrected chi connectivity index (χ1v) is 21.5. The second-order valence-electron chi connectivity index (χ2n) is 14.9. The number of esters is 1. The van der Waals surface area contributed by atoms with E-state index in [2.05, 4.69) is 13.8 Å². The second kappa shape index (κ2) is 39.4. The van der Waals surface area contributed by atoms with E-state index < -0.39 is 5.97 Å². The number of carboxylic acid groups (broad SMARTS) is 1.